The smallest absolute Gasteiger partial charge is 0.462 e. The van der Waals surface area contributed by atoms with E-state index in [1.54, 1.807) is 0 Å². The molecule has 0 aromatic heterocycles. The van der Waals surface area contributed by atoms with E-state index < -0.39 is 97.5 Å². The minimum atomic E-state index is -4.97. The molecule has 3 N–H and O–H groups in total. The van der Waals surface area contributed by atoms with Crippen LogP contribution in [-0.2, 0) is 65.4 Å². The zero-order valence-electron chi connectivity index (χ0n) is 74.0. The summed E-state index contributed by atoms with van der Waals surface area (Å²) >= 11 is 0. The van der Waals surface area contributed by atoms with Gasteiger partial charge in [0.05, 0.1) is 26.4 Å². The Morgan fingerprint density at radius 2 is 0.455 bits per heavy atom. The fourth-order valence-electron chi connectivity index (χ4n) is 14.6. The van der Waals surface area contributed by atoms with Gasteiger partial charge in [-0.15, -0.1) is 0 Å². The molecule has 666 valence electrons. The molecule has 0 saturated heterocycles. The van der Waals surface area contributed by atoms with E-state index in [4.69, 9.17) is 37.0 Å². The Kier molecular flexibility index (Phi) is 82.6. The molecule has 0 amide bonds. The number of rotatable bonds is 92. The third kappa shape index (κ3) is 84.5. The molecular weight excluding hydrogens is 1450 g/mol. The van der Waals surface area contributed by atoms with Gasteiger partial charge in [0.15, 0.2) is 12.2 Å². The van der Waals surface area contributed by atoms with Crippen LogP contribution in [0.5, 0.6) is 0 Å². The Morgan fingerprint density at radius 3 is 0.679 bits per heavy atom. The molecule has 0 heterocycles. The molecule has 17 nitrogen and oxygen atoms in total. The van der Waals surface area contributed by atoms with Crippen LogP contribution in [0.1, 0.15) is 504 Å². The molecule has 0 aliphatic heterocycles. The lowest BCUT2D eigenvalue weighted by atomic mass is 9.99. The maximum absolute atomic E-state index is 13.2. The zero-order chi connectivity index (χ0) is 82.0. The van der Waals surface area contributed by atoms with E-state index in [0.717, 1.165) is 102 Å². The summed E-state index contributed by atoms with van der Waals surface area (Å²) in [4.78, 5) is 73.5. The van der Waals surface area contributed by atoms with Crippen molar-refractivity contribution in [1.29, 1.82) is 0 Å². The molecule has 0 aliphatic rings. The molecule has 0 aromatic carbocycles. The fourth-order valence-corrected chi connectivity index (χ4v) is 16.2. The lowest BCUT2D eigenvalue weighted by Gasteiger charge is -2.21. The molecule has 0 saturated carbocycles. The average molecular weight is 1630 g/mol. The number of aliphatic hydroxyl groups is 1. The summed E-state index contributed by atoms with van der Waals surface area (Å²) in [6.45, 7) is 9.72. The number of hydrogen-bond donors (Lipinski definition) is 3. The van der Waals surface area contributed by atoms with Gasteiger partial charge in [-0.1, -0.05) is 452 Å². The second-order valence-electron chi connectivity index (χ2n) is 34.1. The minimum absolute atomic E-state index is 0.107. The normalized spacial score (nSPS) is 13.9. The van der Waals surface area contributed by atoms with Crippen molar-refractivity contribution in [2.75, 3.05) is 39.6 Å². The summed E-state index contributed by atoms with van der Waals surface area (Å²) < 4.78 is 69.1. The van der Waals surface area contributed by atoms with Gasteiger partial charge in [-0.3, -0.25) is 37.3 Å². The predicted molar refractivity (Wildman–Crippen MR) is 465 cm³/mol. The summed E-state index contributed by atoms with van der Waals surface area (Å²) in [7, 11) is -9.94. The van der Waals surface area contributed by atoms with Crippen LogP contribution in [0.3, 0.4) is 0 Å². The maximum atomic E-state index is 13.2. The van der Waals surface area contributed by atoms with Crippen molar-refractivity contribution in [2.45, 2.75) is 522 Å². The van der Waals surface area contributed by atoms with Crippen LogP contribution in [0.25, 0.3) is 0 Å². The Bertz CT molecular complexity index is 2130. The van der Waals surface area contributed by atoms with Crippen molar-refractivity contribution in [2.24, 2.45) is 11.8 Å². The highest BCUT2D eigenvalue weighted by Crippen LogP contribution is 2.45. The number of unbranched alkanes of at least 4 members (excludes halogenated alkanes) is 61. The minimum Gasteiger partial charge on any atom is -0.462 e. The number of esters is 4. The number of phosphoric acid groups is 2. The first-order valence-electron chi connectivity index (χ1n) is 48.0. The Balaban J connectivity index is 5.23. The summed E-state index contributed by atoms with van der Waals surface area (Å²) in [6.07, 6.45) is 79.4. The number of carbonyl (C=O) groups is 4. The lowest BCUT2D eigenvalue weighted by molar-refractivity contribution is -0.161. The molecule has 0 bridgehead atoms. The predicted octanol–water partition coefficient (Wildman–Crippen LogP) is 29.0. The number of carbonyl (C=O) groups excluding carboxylic acids is 4. The maximum Gasteiger partial charge on any atom is 0.472 e. The SMILES string of the molecule is CCCCCCCCCCCCCCCCCCCCCCCCC(=O)OC[C@H](COP(=O)(O)OC[C@@H](O)COP(=O)(O)OC[C@@H](COC(=O)CCCCCCCCCCC(C)CC)OC(=O)CCCCCCCCCCCCCCCC(C)C)OC(=O)CCCCCCCCCCCCCCCCCCCCCCCC. The number of hydrogen-bond acceptors (Lipinski definition) is 15. The molecule has 0 fully saturated rings. The molecular formula is C93H182O17P2. The first-order chi connectivity index (χ1) is 54.4. The quantitative estimate of drug-likeness (QED) is 0.0222. The van der Waals surface area contributed by atoms with Gasteiger partial charge in [0.1, 0.15) is 19.3 Å². The van der Waals surface area contributed by atoms with Crippen LogP contribution in [-0.4, -0.2) is 96.7 Å². The van der Waals surface area contributed by atoms with Crippen LogP contribution >= 0.6 is 15.6 Å². The van der Waals surface area contributed by atoms with Crippen molar-refractivity contribution in [1.82, 2.24) is 0 Å². The topological polar surface area (TPSA) is 237 Å². The molecule has 0 radical (unpaired) electrons. The average Bonchev–Trinajstić information content (AvgIpc) is 0.901. The van der Waals surface area contributed by atoms with Crippen LogP contribution in [0, 0.1) is 11.8 Å². The van der Waals surface area contributed by atoms with Gasteiger partial charge in [-0.05, 0) is 37.5 Å². The van der Waals surface area contributed by atoms with E-state index in [0.29, 0.717) is 25.7 Å². The van der Waals surface area contributed by atoms with E-state index in [-0.39, 0.29) is 25.7 Å². The second-order valence-corrected chi connectivity index (χ2v) is 37.0. The summed E-state index contributed by atoms with van der Waals surface area (Å²) in [5, 5.41) is 10.7. The zero-order valence-corrected chi connectivity index (χ0v) is 75.8. The van der Waals surface area contributed by atoms with E-state index in [1.165, 1.54) is 321 Å². The second kappa shape index (κ2) is 84.1. The molecule has 3 unspecified atom stereocenters. The van der Waals surface area contributed by atoms with Crippen molar-refractivity contribution in [3.05, 3.63) is 0 Å². The van der Waals surface area contributed by atoms with Gasteiger partial charge in [0.2, 0.25) is 0 Å². The third-order valence-electron chi connectivity index (χ3n) is 22.3. The third-order valence-corrected chi connectivity index (χ3v) is 24.2. The summed E-state index contributed by atoms with van der Waals surface area (Å²) in [5.41, 5.74) is 0. The fraction of sp³-hybridized carbons (Fsp3) is 0.957. The number of phosphoric ester groups is 2. The van der Waals surface area contributed by atoms with E-state index >= 15 is 0 Å². The van der Waals surface area contributed by atoms with Gasteiger partial charge < -0.3 is 33.8 Å². The van der Waals surface area contributed by atoms with Crippen molar-refractivity contribution in [3.8, 4) is 0 Å². The van der Waals surface area contributed by atoms with Gasteiger partial charge in [0.25, 0.3) is 0 Å². The summed E-state index contributed by atoms with van der Waals surface area (Å²) in [5.74, 6) is -0.532. The monoisotopic (exact) mass is 1630 g/mol. The largest absolute Gasteiger partial charge is 0.472 e. The Morgan fingerprint density at radius 1 is 0.259 bits per heavy atom. The van der Waals surface area contributed by atoms with Crippen molar-refractivity contribution >= 4 is 39.5 Å². The molecule has 0 aliphatic carbocycles. The standard InChI is InChI=1S/C93H182O17P2/c1-7-10-12-14-16-18-20-22-24-26-28-30-32-34-36-38-42-46-50-57-63-69-75-90(95)103-81-88(109-92(97)77-71-65-59-51-47-43-39-37-35-33-31-29-27-25-23-21-19-17-15-13-11-8-2)83-107-111(99,100)105-79-87(94)80-106-112(101,102)108-84-89(82-104-91(96)76-70-64-58-54-53-56-62-68-74-86(6)9-3)110-93(98)78-72-66-60-52-48-44-40-41-45-49-55-61-67-73-85(4)5/h85-89,94H,7-84H2,1-6H3,(H,99,100)(H,101,102)/t86?,87-,88-,89-/m1/s1. The van der Waals surface area contributed by atoms with Gasteiger partial charge >= 0.3 is 39.5 Å². The summed E-state index contributed by atoms with van der Waals surface area (Å²) in [6, 6.07) is 0. The Labute approximate surface area is 689 Å². The molecule has 0 spiro atoms. The number of aliphatic hydroxyl groups excluding tert-OH is 1. The molecule has 0 rings (SSSR count). The van der Waals surface area contributed by atoms with Crippen LogP contribution in [0.2, 0.25) is 0 Å². The lowest BCUT2D eigenvalue weighted by Crippen LogP contribution is -2.30. The molecule has 112 heavy (non-hydrogen) atoms. The first-order valence-corrected chi connectivity index (χ1v) is 51.0. The Hall–Kier alpha value is -1.94. The first kappa shape index (κ1) is 110. The van der Waals surface area contributed by atoms with E-state index in [1.807, 2.05) is 0 Å². The van der Waals surface area contributed by atoms with E-state index in [2.05, 4.69) is 41.5 Å². The highest BCUT2D eigenvalue weighted by Gasteiger charge is 2.31. The number of ether oxygens (including phenoxy) is 4. The van der Waals surface area contributed by atoms with Gasteiger partial charge in [-0.2, -0.15) is 0 Å². The van der Waals surface area contributed by atoms with E-state index in [9.17, 15) is 43.2 Å². The molecule has 0 aromatic rings. The van der Waals surface area contributed by atoms with Gasteiger partial charge in [-0.25, -0.2) is 9.13 Å². The molecule has 19 heteroatoms. The highest BCUT2D eigenvalue weighted by molar-refractivity contribution is 7.47. The van der Waals surface area contributed by atoms with Gasteiger partial charge in [0, 0.05) is 25.7 Å². The van der Waals surface area contributed by atoms with Crippen LogP contribution < -0.4 is 0 Å². The van der Waals surface area contributed by atoms with Crippen molar-refractivity contribution < 1.29 is 80.2 Å². The molecule has 6 atom stereocenters. The van der Waals surface area contributed by atoms with Crippen molar-refractivity contribution in [3.63, 3.8) is 0 Å². The van der Waals surface area contributed by atoms with Crippen LogP contribution in [0.15, 0.2) is 0 Å². The van der Waals surface area contributed by atoms with Crippen LogP contribution in [0.4, 0.5) is 0 Å². The highest BCUT2D eigenvalue weighted by atomic mass is 31.2.